The van der Waals surface area contributed by atoms with Gasteiger partial charge in [-0.15, -0.1) is 0 Å². The predicted octanol–water partition coefficient (Wildman–Crippen LogP) is 2.15. The topological polar surface area (TPSA) is 36.8 Å². The fourth-order valence-electron chi connectivity index (χ4n) is 0.724. The second-order valence-corrected chi connectivity index (χ2v) is 4.53. The summed E-state index contributed by atoms with van der Waals surface area (Å²) >= 11 is 11.8. The minimum Gasteiger partial charge on any atom is -0.322 e. The zero-order valence-corrected chi connectivity index (χ0v) is 8.74. The molecule has 0 radical (unpaired) electrons. The summed E-state index contributed by atoms with van der Waals surface area (Å²) in [6.07, 6.45) is 1.47. The van der Waals surface area contributed by atoms with Crippen LogP contribution in [0.4, 0.5) is 0 Å². The third-order valence-electron chi connectivity index (χ3n) is 1.62. The first-order chi connectivity index (χ1) is 5.35. The van der Waals surface area contributed by atoms with Crippen LogP contribution in [0.25, 0.3) is 0 Å². The minimum atomic E-state index is -0.977. The van der Waals surface area contributed by atoms with Crippen LogP contribution in [0.3, 0.4) is 0 Å². The minimum absolute atomic E-state index is 0.257. The molecule has 0 aromatic rings. The van der Waals surface area contributed by atoms with Gasteiger partial charge in [0.05, 0.1) is 6.34 Å². The van der Waals surface area contributed by atoms with Gasteiger partial charge in [0.1, 0.15) is 0 Å². The monoisotopic (exact) mass is 207 g/mol. The molecular formula is C7H11Cl2N3. The molecule has 0 bridgehead atoms. The highest BCUT2D eigenvalue weighted by Gasteiger charge is 2.41. The van der Waals surface area contributed by atoms with Crippen molar-refractivity contribution in [2.45, 2.75) is 25.9 Å². The van der Waals surface area contributed by atoms with Crippen LogP contribution in [0, 0.1) is 5.41 Å². The molecule has 0 aliphatic carbocycles. The Bertz CT molecular complexity index is 242. The van der Waals surface area contributed by atoms with Gasteiger partial charge in [0, 0.05) is 5.41 Å². The van der Waals surface area contributed by atoms with Crippen molar-refractivity contribution in [3.63, 3.8) is 0 Å². The van der Waals surface area contributed by atoms with Crippen LogP contribution in [-0.4, -0.2) is 16.8 Å². The van der Waals surface area contributed by atoms with Crippen molar-refractivity contribution in [1.29, 1.82) is 0 Å². The van der Waals surface area contributed by atoms with Crippen LogP contribution >= 0.6 is 23.2 Å². The van der Waals surface area contributed by atoms with Crippen LogP contribution in [-0.2, 0) is 0 Å². The van der Waals surface area contributed by atoms with Gasteiger partial charge in [-0.3, -0.25) is 0 Å². The molecule has 1 atom stereocenters. The fourth-order valence-corrected chi connectivity index (χ4v) is 1.07. The van der Waals surface area contributed by atoms with E-state index in [-0.39, 0.29) is 10.7 Å². The van der Waals surface area contributed by atoms with Crippen molar-refractivity contribution in [2.75, 3.05) is 0 Å². The molecule has 0 saturated carbocycles. The molecule has 0 aromatic carbocycles. The third kappa shape index (κ3) is 1.72. The van der Waals surface area contributed by atoms with Crippen LogP contribution in [0.2, 0.25) is 0 Å². The lowest BCUT2D eigenvalue weighted by molar-refractivity contribution is 0.289. The molecule has 1 heterocycles. The highest BCUT2D eigenvalue weighted by molar-refractivity contribution is 6.66. The Labute approximate surface area is 81.9 Å². The summed E-state index contributed by atoms with van der Waals surface area (Å²) in [5.74, 6) is 0. The highest BCUT2D eigenvalue weighted by atomic mass is 35.5. The van der Waals surface area contributed by atoms with Gasteiger partial charge in [0.25, 0.3) is 0 Å². The number of halogens is 2. The molecule has 1 N–H and O–H groups in total. The number of nitrogens with one attached hydrogen (secondary N) is 1. The molecule has 12 heavy (non-hydrogen) atoms. The molecule has 0 spiro atoms. The molecule has 1 rings (SSSR count). The van der Waals surface area contributed by atoms with Crippen LogP contribution < -0.4 is 5.32 Å². The number of alkyl halides is 1. The molecule has 0 fully saturated rings. The summed E-state index contributed by atoms with van der Waals surface area (Å²) in [7, 11) is 0. The van der Waals surface area contributed by atoms with E-state index in [1.807, 2.05) is 20.8 Å². The van der Waals surface area contributed by atoms with Gasteiger partial charge in [-0.2, -0.15) is 0 Å². The number of amidine groups is 1. The molecule has 0 amide bonds. The van der Waals surface area contributed by atoms with Crippen LogP contribution in [0.15, 0.2) is 9.98 Å². The zero-order valence-electron chi connectivity index (χ0n) is 7.23. The first kappa shape index (κ1) is 9.81. The highest BCUT2D eigenvalue weighted by Crippen LogP contribution is 2.39. The van der Waals surface area contributed by atoms with Crippen LogP contribution in [0.1, 0.15) is 20.8 Å². The molecule has 68 valence electrons. The second-order valence-electron chi connectivity index (χ2n) is 3.64. The van der Waals surface area contributed by atoms with Gasteiger partial charge >= 0.3 is 0 Å². The van der Waals surface area contributed by atoms with Crippen molar-refractivity contribution in [3.05, 3.63) is 0 Å². The van der Waals surface area contributed by atoms with E-state index in [0.717, 1.165) is 0 Å². The quantitative estimate of drug-likeness (QED) is 0.480. The average molecular weight is 208 g/mol. The van der Waals surface area contributed by atoms with Crippen molar-refractivity contribution < 1.29 is 0 Å². The first-order valence-corrected chi connectivity index (χ1v) is 4.35. The van der Waals surface area contributed by atoms with Gasteiger partial charge in [0.2, 0.25) is 5.12 Å². The fraction of sp³-hybridized carbons (Fsp3) is 0.714. The van der Waals surface area contributed by atoms with E-state index < -0.39 is 5.12 Å². The molecule has 1 aliphatic rings. The summed E-state index contributed by atoms with van der Waals surface area (Å²) in [6.45, 7) is 5.86. The van der Waals surface area contributed by atoms with E-state index in [0.29, 0.717) is 0 Å². The lowest BCUT2D eigenvalue weighted by atomic mass is 9.92. The second kappa shape index (κ2) is 2.89. The SMILES string of the molecule is CC(C)(C)C1(Cl)N=CNC(Cl)=N1. The van der Waals surface area contributed by atoms with Gasteiger partial charge in [-0.05, 0) is 11.6 Å². The van der Waals surface area contributed by atoms with E-state index in [2.05, 4.69) is 15.3 Å². The van der Waals surface area contributed by atoms with Crippen molar-refractivity contribution in [2.24, 2.45) is 15.4 Å². The Balaban J connectivity index is 2.99. The standard InChI is InChI=1S/C7H11Cl2N3/c1-6(2,3)7(9)11-4-10-5(8)12-7/h4H,1-3H3,(H,10,11,12). The summed E-state index contributed by atoms with van der Waals surface area (Å²) in [5.41, 5.74) is -0.257. The summed E-state index contributed by atoms with van der Waals surface area (Å²) < 4.78 is 0. The lowest BCUT2D eigenvalue weighted by Crippen LogP contribution is -2.39. The lowest BCUT2D eigenvalue weighted by Gasteiger charge is -2.33. The van der Waals surface area contributed by atoms with E-state index in [9.17, 15) is 0 Å². The maximum atomic E-state index is 6.14. The molecule has 5 heteroatoms. The van der Waals surface area contributed by atoms with Gasteiger partial charge < -0.3 is 5.32 Å². The molecule has 0 aromatic heterocycles. The number of aliphatic imine (C=N–C) groups is 2. The first-order valence-electron chi connectivity index (χ1n) is 3.60. The van der Waals surface area contributed by atoms with E-state index >= 15 is 0 Å². The van der Waals surface area contributed by atoms with Gasteiger partial charge in [0.15, 0.2) is 5.29 Å². The van der Waals surface area contributed by atoms with Gasteiger partial charge in [-0.25, -0.2) is 9.98 Å². The molecule has 1 unspecified atom stereocenters. The zero-order chi connectivity index (χ0) is 9.41. The normalized spacial score (nSPS) is 29.6. The Morgan fingerprint density at radius 2 is 2.08 bits per heavy atom. The summed E-state index contributed by atoms with van der Waals surface area (Å²) in [6, 6.07) is 0. The predicted molar refractivity (Wildman–Crippen MR) is 53.0 cm³/mol. The Hall–Kier alpha value is -0.280. The summed E-state index contributed by atoms with van der Waals surface area (Å²) in [4.78, 5) is 8.06. The van der Waals surface area contributed by atoms with E-state index in [1.165, 1.54) is 6.34 Å². The smallest absolute Gasteiger partial charge is 0.234 e. The number of hydrogen-bond acceptors (Lipinski definition) is 3. The van der Waals surface area contributed by atoms with Crippen LogP contribution in [0.5, 0.6) is 0 Å². The number of nitrogens with zero attached hydrogens (tertiary/aromatic N) is 2. The van der Waals surface area contributed by atoms with E-state index in [1.54, 1.807) is 0 Å². The van der Waals surface area contributed by atoms with Gasteiger partial charge in [-0.1, -0.05) is 32.4 Å². The maximum Gasteiger partial charge on any atom is 0.234 e. The third-order valence-corrected chi connectivity index (χ3v) is 2.56. The molecular weight excluding hydrogens is 197 g/mol. The molecule has 1 aliphatic heterocycles. The molecule has 0 saturated heterocycles. The molecule has 3 nitrogen and oxygen atoms in total. The van der Waals surface area contributed by atoms with Crippen molar-refractivity contribution >= 4 is 34.8 Å². The van der Waals surface area contributed by atoms with E-state index in [4.69, 9.17) is 23.2 Å². The Morgan fingerprint density at radius 1 is 1.50 bits per heavy atom. The van der Waals surface area contributed by atoms with Crippen molar-refractivity contribution in [1.82, 2.24) is 5.32 Å². The summed E-state index contributed by atoms with van der Waals surface area (Å²) in [5, 5.41) is 1.94. The Morgan fingerprint density at radius 3 is 2.42 bits per heavy atom. The number of hydrogen-bond donors (Lipinski definition) is 1. The average Bonchev–Trinajstić information content (AvgIpc) is 1.83. The van der Waals surface area contributed by atoms with Crippen molar-refractivity contribution in [3.8, 4) is 0 Å². The number of rotatable bonds is 0. The largest absolute Gasteiger partial charge is 0.322 e. The maximum absolute atomic E-state index is 6.14. The Kier molecular flexibility index (Phi) is 2.36.